The fourth-order valence-corrected chi connectivity index (χ4v) is 4.77. The van der Waals surface area contributed by atoms with Crippen molar-refractivity contribution < 1.29 is 5.11 Å². The number of hydrogen-bond donors (Lipinski definition) is 5. The van der Waals surface area contributed by atoms with E-state index < -0.39 is 6.23 Å². The first kappa shape index (κ1) is 22.1. The van der Waals surface area contributed by atoms with Crippen molar-refractivity contribution in [2.75, 3.05) is 5.73 Å². The Bertz CT molecular complexity index is 1280. The fraction of sp³-hybridized carbons (Fsp3) is 0.296. The predicted molar refractivity (Wildman–Crippen MR) is 136 cm³/mol. The molecular formula is C27H30N6O. The Morgan fingerprint density at radius 3 is 2.88 bits per heavy atom. The number of pyridine rings is 2. The molecule has 0 aliphatic heterocycles. The van der Waals surface area contributed by atoms with Gasteiger partial charge in [0.15, 0.2) is 0 Å². The number of aromatic amines is 1. The zero-order chi connectivity index (χ0) is 23.7. The van der Waals surface area contributed by atoms with Gasteiger partial charge in [0.2, 0.25) is 0 Å². The summed E-state index contributed by atoms with van der Waals surface area (Å²) in [6, 6.07) is 5.75. The smallest absolute Gasteiger partial charge is 0.132 e. The number of rotatable bonds is 6. The van der Waals surface area contributed by atoms with Gasteiger partial charge in [0, 0.05) is 40.5 Å². The van der Waals surface area contributed by atoms with Crippen molar-refractivity contribution in [3.8, 4) is 0 Å². The molecule has 34 heavy (non-hydrogen) atoms. The zero-order valence-electron chi connectivity index (χ0n) is 19.3. The maximum Gasteiger partial charge on any atom is 0.132 e. The summed E-state index contributed by atoms with van der Waals surface area (Å²) < 4.78 is 0. The second-order valence-electron chi connectivity index (χ2n) is 9.25. The number of nitrogens with zero attached hydrogens (tertiary/aromatic N) is 2. The molecule has 6 N–H and O–H groups in total. The van der Waals surface area contributed by atoms with Gasteiger partial charge in [0.25, 0.3) is 0 Å². The first-order chi connectivity index (χ1) is 16.5. The third kappa shape index (κ3) is 4.52. The molecule has 1 unspecified atom stereocenters. The summed E-state index contributed by atoms with van der Waals surface area (Å²) in [5.74, 6) is 0.805. The zero-order valence-corrected chi connectivity index (χ0v) is 19.3. The largest absolute Gasteiger partial charge is 0.383 e. The summed E-state index contributed by atoms with van der Waals surface area (Å²) in [6.45, 7) is 2.12. The topological polar surface area (TPSA) is 124 Å². The number of aliphatic hydroxyl groups is 1. The molecular weight excluding hydrogens is 424 g/mol. The van der Waals surface area contributed by atoms with Crippen LogP contribution in [0.2, 0.25) is 0 Å². The second-order valence-corrected chi connectivity index (χ2v) is 9.25. The van der Waals surface area contributed by atoms with Crippen LogP contribution in [0.5, 0.6) is 0 Å². The van der Waals surface area contributed by atoms with Crippen molar-refractivity contribution >= 4 is 28.0 Å². The number of H-pyrrole nitrogens is 1. The highest BCUT2D eigenvalue weighted by atomic mass is 16.3. The van der Waals surface area contributed by atoms with Gasteiger partial charge in [-0.1, -0.05) is 31.9 Å². The van der Waals surface area contributed by atoms with Crippen molar-refractivity contribution in [1.29, 1.82) is 5.41 Å². The van der Waals surface area contributed by atoms with E-state index in [2.05, 4.69) is 39.3 Å². The number of fused-ring (bicyclic) bond motifs is 1. The molecule has 3 aromatic heterocycles. The maximum atomic E-state index is 10.7. The van der Waals surface area contributed by atoms with Gasteiger partial charge in [-0.15, -0.1) is 0 Å². The highest BCUT2D eigenvalue weighted by Crippen LogP contribution is 2.29. The Labute approximate surface area is 199 Å². The molecule has 2 atom stereocenters. The molecule has 0 saturated heterocycles. The highest BCUT2D eigenvalue weighted by molar-refractivity contribution is 6.14. The summed E-state index contributed by atoms with van der Waals surface area (Å²) in [5, 5.41) is 23.8. The molecule has 2 aliphatic rings. The molecule has 1 fully saturated rings. The van der Waals surface area contributed by atoms with Gasteiger partial charge < -0.3 is 21.1 Å². The summed E-state index contributed by atoms with van der Waals surface area (Å²) in [4.78, 5) is 11.8. The minimum absolute atomic E-state index is 0.204. The molecule has 2 aliphatic carbocycles. The van der Waals surface area contributed by atoms with E-state index >= 15 is 0 Å². The quantitative estimate of drug-likeness (QED) is 0.277. The van der Waals surface area contributed by atoms with Crippen LogP contribution in [0.3, 0.4) is 0 Å². The van der Waals surface area contributed by atoms with E-state index in [-0.39, 0.29) is 11.6 Å². The van der Waals surface area contributed by atoms with Crippen LogP contribution in [0, 0.1) is 17.2 Å². The minimum Gasteiger partial charge on any atom is -0.383 e. The summed E-state index contributed by atoms with van der Waals surface area (Å²) in [5.41, 5.74) is 11.3. The molecule has 174 valence electrons. The Morgan fingerprint density at radius 1 is 1.26 bits per heavy atom. The number of allylic oxidation sites excluding steroid dienone is 5. The van der Waals surface area contributed by atoms with Crippen LogP contribution in [0.4, 0.5) is 5.82 Å². The highest BCUT2D eigenvalue weighted by Gasteiger charge is 2.23. The molecule has 3 heterocycles. The fourth-order valence-electron chi connectivity index (χ4n) is 4.77. The number of hydrogen-bond acceptors (Lipinski definition) is 6. The van der Waals surface area contributed by atoms with Gasteiger partial charge >= 0.3 is 0 Å². The van der Waals surface area contributed by atoms with Crippen LogP contribution in [-0.2, 0) is 0 Å². The molecule has 1 saturated carbocycles. The Morgan fingerprint density at radius 2 is 2.09 bits per heavy atom. The Kier molecular flexibility index (Phi) is 6.02. The molecule has 0 spiro atoms. The standard InChI is InChI=1S/C27H30N6O/c1-16-6-7-21(32-27(34)17-4-2-3-5-17)11-19(10-16)20-12-22(26(29)31-14-20)25(28)23-13-18-8-9-30-15-24(18)33-23/h6-17,27-28,32-34H,2-5H2,1H3,(H2,29,31)/t16-,27?/m0/s1. The first-order valence-electron chi connectivity index (χ1n) is 11.8. The van der Waals surface area contributed by atoms with E-state index in [0.29, 0.717) is 23.0 Å². The maximum absolute atomic E-state index is 10.7. The molecule has 3 aromatic rings. The normalized spacial score (nSPS) is 19.5. The van der Waals surface area contributed by atoms with Crippen molar-refractivity contribution in [2.24, 2.45) is 11.8 Å². The summed E-state index contributed by atoms with van der Waals surface area (Å²) in [7, 11) is 0. The third-order valence-electron chi connectivity index (χ3n) is 6.71. The van der Waals surface area contributed by atoms with Gasteiger partial charge in [0.1, 0.15) is 12.0 Å². The number of aromatic nitrogens is 3. The lowest BCUT2D eigenvalue weighted by Gasteiger charge is -2.21. The second kappa shape index (κ2) is 9.27. The van der Waals surface area contributed by atoms with E-state index in [0.717, 1.165) is 40.6 Å². The number of aliphatic hydroxyl groups excluding tert-OH is 1. The van der Waals surface area contributed by atoms with E-state index in [1.54, 1.807) is 18.6 Å². The van der Waals surface area contributed by atoms with Crippen LogP contribution in [0.25, 0.3) is 16.5 Å². The molecule has 0 aromatic carbocycles. The van der Waals surface area contributed by atoms with Crippen molar-refractivity contribution in [3.05, 3.63) is 83.6 Å². The Balaban J connectivity index is 1.45. The van der Waals surface area contributed by atoms with E-state index in [4.69, 9.17) is 11.1 Å². The molecule has 7 nitrogen and oxygen atoms in total. The van der Waals surface area contributed by atoms with Gasteiger partial charge in [-0.25, -0.2) is 4.98 Å². The number of nitrogen functional groups attached to an aromatic ring is 1. The lowest BCUT2D eigenvalue weighted by molar-refractivity contribution is 0.0886. The first-order valence-corrected chi connectivity index (χ1v) is 11.8. The number of anilines is 1. The van der Waals surface area contributed by atoms with E-state index in [9.17, 15) is 5.11 Å². The van der Waals surface area contributed by atoms with Crippen molar-refractivity contribution in [3.63, 3.8) is 0 Å². The van der Waals surface area contributed by atoms with E-state index in [1.165, 1.54) is 12.8 Å². The molecule has 0 bridgehead atoms. The van der Waals surface area contributed by atoms with Gasteiger partial charge in [0.05, 0.1) is 23.1 Å². The predicted octanol–water partition coefficient (Wildman–Crippen LogP) is 4.53. The molecule has 0 amide bonds. The third-order valence-corrected chi connectivity index (χ3v) is 6.71. The van der Waals surface area contributed by atoms with Crippen LogP contribution in [0.15, 0.2) is 66.8 Å². The van der Waals surface area contributed by atoms with Crippen molar-refractivity contribution in [2.45, 2.75) is 38.8 Å². The van der Waals surface area contributed by atoms with Gasteiger partial charge in [-0.05, 0) is 54.7 Å². The SMILES string of the molecule is C[C@H]1C=CC(NC(O)C2CCCC2)=CC(c2cnc(N)c(C(=N)c3cc4ccncc4[nH]3)c2)=C1. The van der Waals surface area contributed by atoms with Gasteiger partial charge in [-0.2, -0.15) is 0 Å². The summed E-state index contributed by atoms with van der Waals surface area (Å²) >= 11 is 0. The Hall–Kier alpha value is -3.71. The minimum atomic E-state index is -0.558. The molecule has 5 rings (SSSR count). The van der Waals surface area contributed by atoms with Crippen LogP contribution in [-0.4, -0.2) is 32.0 Å². The average Bonchev–Trinajstić information content (AvgIpc) is 3.48. The van der Waals surface area contributed by atoms with Crippen molar-refractivity contribution in [1.82, 2.24) is 20.3 Å². The van der Waals surface area contributed by atoms with E-state index in [1.807, 2.05) is 30.4 Å². The number of nitrogens with one attached hydrogen (secondary N) is 3. The monoisotopic (exact) mass is 454 g/mol. The van der Waals surface area contributed by atoms with Crippen LogP contribution in [0.1, 0.15) is 49.4 Å². The summed E-state index contributed by atoms with van der Waals surface area (Å²) in [6.07, 6.45) is 17.5. The molecule has 0 radical (unpaired) electrons. The average molecular weight is 455 g/mol. The van der Waals surface area contributed by atoms with Crippen LogP contribution >= 0.6 is 0 Å². The lowest BCUT2D eigenvalue weighted by atomic mass is 9.99. The van der Waals surface area contributed by atoms with Crippen LogP contribution < -0.4 is 11.1 Å². The number of nitrogens with two attached hydrogens (primary N) is 1. The lowest BCUT2D eigenvalue weighted by Crippen LogP contribution is -2.33. The van der Waals surface area contributed by atoms with Gasteiger partial charge in [-0.3, -0.25) is 10.4 Å². The molecule has 7 heteroatoms.